The van der Waals surface area contributed by atoms with Gasteiger partial charge in [-0.2, -0.15) is 10.4 Å². The zero-order chi connectivity index (χ0) is 20.1. The maximum Gasteiger partial charge on any atom is 0.344 e. The molecular weight excluding hydrogens is 429 g/mol. The molecule has 0 aliphatic rings. The summed E-state index contributed by atoms with van der Waals surface area (Å²) in [5.41, 5.74) is 2.13. The fourth-order valence-corrected chi connectivity index (χ4v) is 3.02. The molecule has 0 radical (unpaired) electrons. The van der Waals surface area contributed by atoms with E-state index in [9.17, 15) is 14.4 Å². The molecule has 142 valence electrons. The number of benzene rings is 2. The second-order valence-electron chi connectivity index (χ2n) is 5.79. The molecule has 0 unspecified atom stereocenters. The van der Waals surface area contributed by atoms with Crippen molar-refractivity contribution < 1.29 is 18.7 Å². The molecule has 2 aromatic carbocycles. The van der Waals surface area contributed by atoms with Crippen molar-refractivity contribution in [2.45, 2.75) is 13.5 Å². The number of aryl methyl sites for hydroxylation is 1. The van der Waals surface area contributed by atoms with Gasteiger partial charge in [0, 0.05) is 0 Å². The number of nitrogens with zero attached hydrogens (tertiary/aromatic N) is 3. The molecule has 0 spiro atoms. The fourth-order valence-electron chi connectivity index (χ4n) is 2.56. The third kappa shape index (κ3) is 4.38. The first-order valence-electron chi connectivity index (χ1n) is 8.27. The summed E-state index contributed by atoms with van der Waals surface area (Å²) in [5, 5.41) is 13.8. The molecule has 8 heteroatoms. The molecule has 0 aliphatic carbocycles. The summed E-state index contributed by atoms with van der Waals surface area (Å²) < 4.78 is 25.7. The second kappa shape index (κ2) is 8.67. The third-order valence-electron chi connectivity index (χ3n) is 3.88. The van der Waals surface area contributed by atoms with Crippen LogP contribution in [-0.2, 0) is 16.1 Å². The lowest BCUT2D eigenvalue weighted by atomic mass is 10.2. The first kappa shape index (κ1) is 19.6. The molecule has 0 atom stereocenters. The molecule has 1 heterocycles. The summed E-state index contributed by atoms with van der Waals surface area (Å²) in [6, 6.07) is 15.2. The molecule has 28 heavy (non-hydrogen) atoms. The van der Waals surface area contributed by atoms with E-state index >= 15 is 0 Å². The summed E-state index contributed by atoms with van der Waals surface area (Å²) in [7, 11) is 0. The lowest BCUT2D eigenvalue weighted by Crippen LogP contribution is -2.16. The molecule has 0 saturated heterocycles. The number of para-hydroxylation sites is 1. The summed E-state index contributed by atoms with van der Waals surface area (Å²) in [5.74, 6) is -0.727. The number of hydrogen-bond acceptors (Lipinski definition) is 5. The Kier molecular flexibility index (Phi) is 6.06. The second-order valence-corrected chi connectivity index (χ2v) is 6.64. The van der Waals surface area contributed by atoms with Crippen molar-refractivity contribution in [2.24, 2.45) is 0 Å². The molecule has 6 nitrogen and oxygen atoms in total. The Labute approximate surface area is 169 Å². The van der Waals surface area contributed by atoms with Gasteiger partial charge in [0.25, 0.3) is 0 Å². The van der Waals surface area contributed by atoms with E-state index in [-0.39, 0.29) is 13.2 Å². The lowest BCUT2D eigenvalue weighted by Gasteiger charge is -2.10. The van der Waals surface area contributed by atoms with E-state index in [1.165, 1.54) is 18.2 Å². The number of esters is 1. The minimum absolute atomic E-state index is 0.134. The third-order valence-corrected chi connectivity index (χ3v) is 4.50. The first-order valence-corrected chi connectivity index (χ1v) is 9.06. The highest BCUT2D eigenvalue weighted by Crippen LogP contribution is 2.25. The molecule has 0 bridgehead atoms. The van der Waals surface area contributed by atoms with Gasteiger partial charge in [0.1, 0.15) is 29.8 Å². The number of carbonyl (C=O) groups is 1. The summed E-state index contributed by atoms with van der Waals surface area (Å²) >= 11 is 3.17. The number of aromatic nitrogens is 2. The van der Waals surface area contributed by atoms with E-state index in [2.05, 4.69) is 27.1 Å². The maximum absolute atomic E-state index is 13.1. The Morgan fingerprint density at radius 3 is 2.71 bits per heavy atom. The van der Waals surface area contributed by atoms with Gasteiger partial charge in [-0.1, -0.05) is 18.2 Å². The largest absolute Gasteiger partial charge is 0.481 e. The van der Waals surface area contributed by atoms with Crippen LogP contribution in [-0.4, -0.2) is 22.4 Å². The van der Waals surface area contributed by atoms with Gasteiger partial charge >= 0.3 is 5.97 Å². The molecule has 0 aliphatic heterocycles. The average Bonchev–Trinajstić information content (AvgIpc) is 3.01. The molecule has 3 rings (SSSR count). The molecule has 0 N–H and O–H groups in total. The van der Waals surface area contributed by atoms with E-state index in [1.807, 2.05) is 30.3 Å². The van der Waals surface area contributed by atoms with Crippen LogP contribution in [0.2, 0.25) is 0 Å². The predicted molar refractivity (Wildman–Crippen MR) is 102 cm³/mol. The van der Waals surface area contributed by atoms with E-state index in [0.29, 0.717) is 27.2 Å². The van der Waals surface area contributed by atoms with Crippen molar-refractivity contribution in [3.63, 3.8) is 0 Å². The summed E-state index contributed by atoms with van der Waals surface area (Å²) in [6.45, 7) is 1.23. The first-order chi connectivity index (χ1) is 13.5. The van der Waals surface area contributed by atoms with E-state index in [1.54, 1.807) is 11.6 Å². The van der Waals surface area contributed by atoms with E-state index in [4.69, 9.17) is 9.47 Å². The van der Waals surface area contributed by atoms with Crippen LogP contribution >= 0.6 is 15.9 Å². The standard InChI is InChI=1S/C20H15BrFN3O3/c1-13-16(10-23)18(25(24-13)15-5-3-2-4-6-15)11-28-20(26)12-27-19-8-7-14(22)9-17(19)21/h2-9H,11-12H2,1H3. The van der Waals surface area contributed by atoms with Gasteiger partial charge in [0.05, 0.1) is 21.5 Å². The van der Waals surface area contributed by atoms with E-state index < -0.39 is 11.8 Å². The smallest absolute Gasteiger partial charge is 0.344 e. The summed E-state index contributed by atoms with van der Waals surface area (Å²) in [4.78, 5) is 12.1. The number of ether oxygens (including phenoxy) is 2. The Hall–Kier alpha value is -3.18. The van der Waals surface area contributed by atoms with Gasteiger partial charge in [0.15, 0.2) is 6.61 Å². The van der Waals surface area contributed by atoms with Crippen molar-refractivity contribution in [2.75, 3.05) is 6.61 Å². The normalized spacial score (nSPS) is 10.4. The van der Waals surface area contributed by atoms with Gasteiger partial charge in [-0.05, 0) is 53.2 Å². The molecule has 0 amide bonds. The van der Waals surface area contributed by atoms with Gasteiger partial charge in [-0.25, -0.2) is 13.9 Å². The minimum atomic E-state index is -0.626. The average molecular weight is 444 g/mol. The van der Waals surface area contributed by atoms with Crippen LogP contribution in [0, 0.1) is 24.1 Å². The molecular formula is C20H15BrFN3O3. The fraction of sp³-hybridized carbons (Fsp3) is 0.150. The number of rotatable bonds is 6. The number of hydrogen-bond donors (Lipinski definition) is 0. The van der Waals surface area contributed by atoms with Crippen LogP contribution in [0.4, 0.5) is 4.39 Å². The van der Waals surface area contributed by atoms with Crippen LogP contribution in [0.15, 0.2) is 53.0 Å². The molecule has 0 saturated carbocycles. The highest BCUT2D eigenvalue weighted by molar-refractivity contribution is 9.10. The van der Waals surface area contributed by atoms with Crippen molar-refractivity contribution in [1.29, 1.82) is 5.26 Å². The van der Waals surface area contributed by atoms with Crippen molar-refractivity contribution in [3.8, 4) is 17.5 Å². The van der Waals surface area contributed by atoms with Gasteiger partial charge in [0.2, 0.25) is 0 Å². The van der Waals surface area contributed by atoms with Crippen LogP contribution in [0.25, 0.3) is 5.69 Å². The monoisotopic (exact) mass is 443 g/mol. The topological polar surface area (TPSA) is 77.1 Å². The minimum Gasteiger partial charge on any atom is -0.481 e. The van der Waals surface area contributed by atoms with Crippen LogP contribution in [0.3, 0.4) is 0 Å². The molecule has 1 aromatic heterocycles. The van der Waals surface area contributed by atoms with Gasteiger partial charge in [-0.15, -0.1) is 0 Å². The molecule has 3 aromatic rings. The lowest BCUT2D eigenvalue weighted by molar-refractivity contribution is -0.147. The highest BCUT2D eigenvalue weighted by Gasteiger charge is 2.18. The zero-order valence-corrected chi connectivity index (χ0v) is 16.4. The Morgan fingerprint density at radius 1 is 1.29 bits per heavy atom. The van der Waals surface area contributed by atoms with Crippen molar-refractivity contribution in [3.05, 3.63) is 75.8 Å². The molecule has 0 fully saturated rings. The van der Waals surface area contributed by atoms with E-state index in [0.717, 1.165) is 5.69 Å². The van der Waals surface area contributed by atoms with Crippen LogP contribution in [0.1, 0.15) is 17.0 Å². The van der Waals surface area contributed by atoms with Crippen molar-refractivity contribution >= 4 is 21.9 Å². The number of nitriles is 1. The highest BCUT2D eigenvalue weighted by atomic mass is 79.9. The maximum atomic E-state index is 13.1. The predicted octanol–water partition coefficient (Wildman–Crippen LogP) is 4.08. The Balaban J connectivity index is 1.70. The Bertz CT molecular complexity index is 1040. The SMILES string of the molecule is Cc1nn(-c2ccccc2)c(COC(=O)COc2ccc(F)cc2Br)c1C#N. The summed E-state index contributed by atoms with van der Waals surface area (Å²) in [6.07, 6.45) is 0. The zero-order valence-electron chi connectivity index (χ0n) is 14.9. The quantitative estimate of drug-likeness (QED) is 0.536. The van der Waals surface area contributed by atoms with Gasteiger partial charge in [-0.3, -0.25) is 0 Å². The number of halogens is 2. The van der Waals surface area contributed by atoms with Crippen LogP contribution in [0.5, 0.6) is 5.75 Å². The van der Waals surface area contributed by atoms with Gasteiger partial charge < -0.3 is 9.47 Å². The Morgan fingerprint density at radius 2 is 2.04 bits per heavy atom. The van der Waals surface area contributed by atoms with Crippen molar-refractivity contribution in [1.82, 2.24) is 9.78 Å². The number of carbonyl (C=O) groups excluding carboxylic acids is 1. The van der Waals surface area contributed by atoms with Crippen LogP contribution < -0.4 is 4.74 Å².